The fourth-order valence-corrected chi connectivity index (χ4v) is 1.68. The van der Waals surface area contributed by atoms with Crippen molar-refractivity contribution >= 4 is 11.9 Å². The van der Waals surface area contributed by atoms with Gasteiger partial charge in [0.15, 0.2) is 6.10 Å². The van der Waals surface area contributed by atoms with Gasteiger partial charge in [0.05, 0.1) is 0 Å². The van der Waals surface area contributed by atoms with Gasteiger partial charge >= 0.3 is 5.97 Å². The van der Waals surface area contributed by atoms with Crippen LogP contribution in [0.15, 0.2) is 0 Å². The van der Waals surface area contributed by atoms with E-state index in [1.54, 1.807) is 11.9 Å². The van der Waals surface area contributed by atoms with E-state index in [0.29, 0.717) is 6.54 Å². The molecule has 0 aromatic carbocycles. The molecule has 0 radical (unpaired) electrons. The third kappa shape index (κ3) is 1.82. The summed E-state index contributed by atoms with van der Waals surface area (Å²) in [6.07, 6.45) is -0.616. The maximum absolute atomic E-state index is 11.5. The zero-order valence-electron chi connectivity index (χ0n) is 8.46. The lowest BCUT2D eigenvalue weighted by atomic mass is 9.90. The van der Waals surface area contributed by atoms with Crippen molar-refractivity contribution in [2.75, 3.05) is 13.6 Å². The summed E-state index contributed by atoms with van der Waals surface area (Å²) in [5.41, 5.74) is -0.280. The van der Waals surface area contributed by atoms with E-state index in [1.807, 2.05) is 13.8 Å². The van der Waals surface area contributed by atoms with Crippen LogP contribution in [-0.4, -0.2) is 36.5 Å². The fourth-order valence-electron chi connectivity index (χ4n) is 1.68. The molecule has 1 heterocycles. The molecule has 1 fully saturated rings. The molecule has 4 heteroatoms. The Hall–Kier alpha value is -1.06. The first kappa shape index (κ1) is 10.0. The molecule has 74 valence electrons. The molecule has 0 bridgehead atoms. The van der Waals surface area contributed by atoms with E-state index in [-0.39, 0.29) is 11.3 Å². The van der Waals surface area contributed by atoms with Crippen molar-refractivity contribution in [3.63, 3.8) is 0 Å². The van der Waals surface area contributed by atoms with Gasteiger partial charge in [0, 0.05) is 25.9 Å². The highest BCUT2D eigenvalue weighted by Gasteiger charge is 2.46. The SMILES string of the molecule is CC(=O)O[C@H]1C(=O)N(C)CC1(C)C. The molecule has 1 saturated heterocycles. The molecule has 13 heavy (non-hydrogen) atoms. The third-order valence-corrected chi connectivity index (χ3v) is 2.24. The highest BCUT2D eigenvalue weighted by molar-refractivity contribution is 5.86. The number of ether oxygens (including phenoxy) is 1. The van der Waals surface area contributed by atoms with Crippen LogP contribution in [0.5, 0.6) is 0 Å². The second-order valence-corrected chi connectivity index (χ2v) is 4.17. The minimum atomic E-state index is -0.616. The Kier molecular flexibility index (Phi) is 2.32. The van der Waals surface area contributed by atoms with Gasteiger partial charge in [-0.05, 0) is 0 Å². The maximum atomic E-state index is 11.5. The summed E-state index contributed by atoms with van der Waals surface area (Å²) < 4.78 is 4.98. The van der Waals surface area contributed by atoms with Crippen molar-refractivity contribution in [1.29, 1.82) is 0 Å². The number of hydrogen-bond donors (Lipinski definition) is 0. The Morgan fingerprint density at radius 1 is 1.62 bits per heavy atom. The van der Waals surface area contributed by atoms with Gasteiger partial charge in [-0.3, -0.25) is 9.59 Å². The second-order valence-electron chi connectivity index (χ2n) is 4.17. The molecule has 0 unspecified atom stereocenters. The average Bonchev–Trinajstić information content (AvgIpc) is 2.12. The van der Waals surface area contributed by atoms with Gasteiger partial charge in [-0.25, -0.2) is 0 Å². The summed E-state index contributed by atoms with van der Waals surface area (Å²) in [6, 6.07) is 0. The minimum Gasteiger partial charge on any atom is -0.452 e. The van der Waals surface area contributed by atoms with Crippen molar-refractivity contribution in [2.24, 2.45) is 5.41 Å². The average molecular weight is 185 g/mol. The van der Waals surface area contributed by atoms with Crippen LogP contribution < -0.4 is 0 Å². The van der Waals surface area contributed by atoms with E-state index in [1.165, 1.54) is 6.92 Å². The molecular weight excluding hydrogens is 170 g/mol. The first-order valence-electron chi connectivity index (χ1n) is 4.27. The van der Waals surface area contributed by atoms with Gasteiger partial charge in [0.25, 0.3) is 5.91 Å². The number of likely N-dealkylation sites (N-methyl/N-ethyl adjacent to an activating group) is 1. The van der Waals surface area contributed by atoms with Gasteiger partial charge in [0.2, 0.25) is 0 Å². The number of rotatable bonds is 1. The van der Waals surface area contributed by atoms with E-state index in [0.717, 1.165) is 0 Å². The fraction of sp³-hybridized carbons (Fsp3) is 0.778. The highest BCUT2D eigenvalue weighted by atomic mass is 16.5. The number of carbonyl (C=O) groups excluding carboxylic acids is 2. The van der Waals surface area contributed by atoms with Crippen LogP contribution in [0.4, 0.5) is 0 Å². The molecule has 0 aromatic heterocycles. The second kappa shape index (κ2) is 3.01. The minimum absolute atomic E-state index is 0.111. The topological polar surface area (TPSA) is 46.6 Å². The molecule has 1 aliphatic heterocycles. The lowest BCUT2D eigenvalue weighted by Crippen LogP contribution is -2.34. The number of likely N-dealkylation sites (tertiary alicyclic amines) is 1. The van der Waals surface area contributed by atoms with Crippen LogP contribution in [0.1, 0.15) is 20.8 Å². The largest absolute Gasteiger partial charge is 0.452 e. The van der Waals surface area contributed by atoms with Crippen LogP contribution >= 0.6 is 0 Å². The van der Waals surface area contributed by atoms with Crippen LogP contribution in [0.25, 0.3) is 0 Å². The number of nitrogens with zero attached hydrogens (tertiary/aromatic N) is 1. The predicted octanol–water partition coefficient (Wildman–Crippen LogP) is 0.416. The lowest BCUT2D eigenvalue weighted by Gasteiger charge is -2.22. The Bertz CT molecular complexity index is 247. The highest BCUT2D eigenvalue weighted by Crippen LogP contribution is 2.31. The van der Waals surface area contributed by atoms with Gasteiger partial charge < -0.3 is 9.64 Å². The van der Waals surface area contributed by atoms with Crippen LogP contribution in [0.2, 0.25) is 0 Å². The van der Waals surface area contributed by atoms with Gasteiger partial charge in [0.1, 0.15) is 0 Å². The molecule has 1 aliphatic rings. The van der Waals surface area contributed by atoms with Gasteiger partial charge in [-0.15, -0.1) is 0 Å². The van der Waals surface area contributed by atoms with Crippen molar-refractivity contribution in [3.8, 4) is 0 Å². The monoisotopic (exact) mass is 185 g/mol. The zero-order valence-corrected chi connectivity index (χ0v) is 8.46. The summed E-state index contributed by atoms with van der Waals surface area (Å²) in [7, 11) is 1.72. The van der Waals surface area contributed by atoms with E-state index in [2.05, 4.69) is 0 Å². The van der Waals surface area contributed by atoms with Gasteiger partial charge in [-0.1, -0.05) is 13.8 Å². The van der Waals surface area contributed by atoms with Crippen molar-refractivity contribution in [2.45, 2.75) is 26.9 Å². The molecular formula is C9H15NO3. The molecule has 1 amide bonds. The number of esters is 1. The molecule has 1 rings (SSSR count). The molecule has 0 aliphatic carbocycles. The van der Waals surface area contributed by atoms with E-state index in [9.17, 15) is 9.59 Å². The molecule has 0 saturated carbocycles. The quantitative estimate of drug-likeness (QED) is 0.556. The summed E-state index contributed by atoms with van der Waals surface area (Å²) in [4.78, 5) is 23.8. The standard InChI is InChI=1S/C9H15NO3/c1-6(11)13-7-8(12)10(4)5-9(7,2)3/h7H,5H2,1-4H3/t7-/m0/s1. The summed E-state index contributed by atoms with van der Waals surface area (Å²) in [6.45, 7) is 5.79. The first-order chi connectivity index (χ1) is 5.84. The Balaban J connectivity index is 2.81. The summed E-state index contributed by atoms with van der Waals surface area (Å²) >= 11 is 0. The normalized spacial score (nSPS) is 26.3. The Morgan fingerprint density at radius 2 is 2.15 bits per heavy atom. The van der Waals surface area contributed by atoms with Crippen molar-refractivity contribution < 1.29 is 14.3 Å². The van der Waals surface area contributed by atoms with Crippen LogP contribution in [-0.2, 0) is 14.3 Å². The van der Waals surface area contributed by atoms with Gasteiger partial charge in [-0.2, -0.15) is 0 Å². The molecule has 4 nitrogen and oxygen atoms in total. The number of carbonyl (C=O) groups is 2. The zero-order chi connectivity index (χ0) is 10.2. The lowest BCUT2D eigenvalue weighted by molar-refractivity contribution is -0.157. The number of amides is 1. The molecule has 1 atom stereocenters. The maximum Gasteiger partial charge on any atom is 0.303 e. The summed E-state index contributed by atoms with van der Waals surface area (Å²) in [5, 5.41) is 0. The Labute approximate surface area is 77.8 Å². The van der Waals surface area contributed by atoms with E-state index in [4.69, 9.17) is 4.74 Å². The molecule has 0 spiro atoms. The predicted molar refractivity (Wildman–Crippen MR) is 47.0 cm³/mol. The van der Waals surface area contributed by atoms with Crippen molar-refractivity contribution in [1.82, 2.24) is 4.90 Å². The smallest absolute Gasteiger partial charge is 0.303 e. The first-order valence-corrected chi connectivity index (χ1v) is 4.27. The molecule has 0 N–H and O–H groups in total. The van der Waals surface area contributed by atoms with E-state index < -0.39 is 12.1 Å². The number of hydrogen-bond acceptors (Lipinski definition) is 3. The third-order valence-electron chi connectivity index (χ3n) is 2.24. The summed E-state index contributed by atoms with van der Waals surface area (Å²) in [5.74, 6) is -0.512. The van der Waals surface area contributed by atoms with Crippen molar-refractivity contribution in [3.05, 3.63) is 0 Å². The Morgan fingerprint density at radius 3 is 2.46 bits per heavy atom. The van der Waals surface area contributed by atoms with Crippen LogP contribution in [0.3, 0.4) is 0 Å². The van der Waals surface area contributed by atoms with Crippen LogP contribution in [0, 0.1) is 5.41 Å². The van der Waals surface area contributed by atoms with E-state index >= 15 is 0 Å². The molecule has 0 aromatic rings.